The van der Waals surface area contributed by atoms with Gasteiger partial charge in [0.15, 0.2) is 11.5 Å². The summed E-state index contributed by atoms with van der Waals surface area (Å²) in [6, 6.07) is 26.1. The summed E-state index contributed by atoms with van der Waals surface area (Å²) in [5.74, 6) is 1.65. The molecule has 144 valence electrons. The van der Waals surface area contributed by atoms with E-state index in [1.165, 1.54) is 22.3 Å². The largest absolute Gasteiger partial charge is 0.493 e. The molecule has 28 heavy (non-hydrogen) atoms. The first kappa shape index (κ1) is 18.6. The van der Waals surface area contributed by atoms with E-state index in [0.29, 0.717) is 0 Å². The predicted molar refractivity (Wildman–Crippen MR) is 112 cm³/mol. The van der Waals surface area contributed by atoms with E-state index in [0.717, 1.165) is 48.6 Å². The van der Waals surface area contributed by atoms with Crippen molar-refractivity contribution in [3.63, 3.8) is 0 Å². The zero-order chi connectivity index (χ0) is 19.4. The van der Waals surface area contributed by atoms with Gasteiger partial charge in [0.2, 0.25) is 0 Å². The quantitative estimate of drug-likeness (QED) is 0.567. The van der Waals surface area contributed by atoms with Gasteiger partial charge in [0.25, 0.3) is 0 Å². The van der Waals surface area contributed by atoms with Crippen LogP contribution in [0.3, 0.4) is 0 Å². The monoisotopic (exact) mass is 374 g/mol. The number of benzene rings is 3. The van der Waals surface area contributed by atoms with Crippen LogP contribution in [-0.4, -0.2) is 25.2 Å². The Kier molecular flexibility index (Phi) is 5.36. The van der Waals surface area contributed by atoms with Gasteiger partial charge >= 0.3 is 0 Å². The minimum atomic E-state index is 0.820. The summed E-state index contributed by atoms with van der Waals surface area (Å²) in [7, 11) is 3.42. The number of rotatable bonds is 6. The molecule has 0 amide bonds. The average molecular weight is 375 g/mol. The summed E-state index contributed by atoms with van der Waals surface area (Å²) < 4.78 is 12.1. The molecule has 3 nitrogen and oxygen atoms in total. The molecule has 3 heteroatoms. The summed E-state index contributed by atoms with van der Waals surface area (Å²) in [5.41, 5.74) is 5.54. The van der Waals surface area contributed by atoms with E-state index in [9.17, 15) is 0 Å². The molecular formula is C25H28NO2+. The van der Waals surface area contributed by atoms with Crippen LogP contribution in [0.15, 0.2) is 72.8 Å². The van der Waals surface area contributed by atoms with Crippen molar-refractivity contribution in [2.75, 3.05) is 20.8 Å². The molecule has 0 atom stereocenters. The van der Waals surface area contributed by atoms with Gasteiger partial charge in [-0.3, -0.25) is 0 Å². The first-order valence-corrected chi connectivity index (χ1v) is 9.88. The van der Waals surface area contributed by atoms with Crippen molar-refractivity contribution in [3.05, 3.63) is 95.1 Å². The van der Waals surface area contributed by atoms with Crippen LogP contribution in [0.4, 0.5) is 0 Å². The highest BCUT2D eigenvalue weighted by Gasteiger charge is 2.34. The van der Waals surface area contributed by atoms with Crippen molar-refractivity contribution in [1.82, 2.24) is 0 Å². The molecule has 1 aliphatic rings. The van der Waals surface area contributed by atoms with Crippen LogP contribution >= 0.6 is 0 Å². The van der Waals surface area contributed by atoms with E-state index in [2.05, 4.69) is 72.8 Å². The second-order valence-electron chi connectivity index (χ2n) is 7.74. The van der Waals surface area contributed by atoms with Gasteiger partial charge in [0, 0.05) is 23.1 Å². The predicted octanol–water partition coefficient (Wildman–Crippen LogP) is 4.98. The number of hydrogen-bond acceptors (Lipinski definition) is 2. The topological polar surface area (TPSA) is 18.5 Å². The molecular weight excluding hydrogens is 346 g/mol. The number of fused-ring (bicyclic) bond motifs is 1. The van der Waals surface area contributed by atoms with Crippen molar-refractivity contribution in [3.8, 4) is 11.5 Å². The number of hydrogen-bond donors (Lipinski definition) is 0. The van der Waals surface area contributed by atoms with Crippen LogP contribution in [0, 0.1) is 0 Å². The van der Waals surface area contributed by atoms with Crippen molar-refractivity contribution in [1.29, 1.82) is 0 Å². The van der Waals surface area contributed by atoms with Crippen molar-refractivity contribution in [2.45, 2.75) is 26.1 Å². The minimum Gasteiger partial charge on any atom is -0.493 e. The van der Waals surface area contributed by atoms with Gasteiger partial charge in [-0.15, -0.1) is 0 Å². The molecule has 0 saturated carbocycles. The Hall–Kier alpha value is -2.78. The Balaban J connectivity index is 1.70. The van der Waals surface area contributed by atoms with E-state index in [1.807, 2.05) is 0 Å². The molecule has 3 aromatic rings. The van der Waals surface area contributed by atoms with E-state index in [1.54, 1.807) is 14.2 Å². The molecule has 0 spiro atoms. The fourth-order valence-corrected chi connectivity index (χ4v) is 4.41. The third-order valence-corrected chi connectivity index (χ3v) is 5.79. The molecule has 0 saturated heterocycles. The maximum Gasteiger partial charge on any atom is 0.161 e. The second-order valence-corrected chi connectivity index (χ2v) is 7.74. The van der Waals surface area contributed by atoms with Gasteiger partial charge in [-0.25, -0.2) is 0 Å². The molecule has 0 radical (unpaired) electrons. The first-order valence-electron chi connectivity index (χ1n) is 9.88. The molecule has 1 aliphatic heterocycles. The van der Waals surface area contributed by atoms with Gasteiger partial charge in [-0.1, -0.05) is 60.7 Å². The lowest BCUT2D eigenvalue weighted by Crippen LogP contribution is -2.49. The summed E-state index contributed by atoms with van der Waals surface area (Å²) in [5, 5.41) is 0. The first-order chi connectivity index (χ1) is 13.7. The lowest BCUT2D eigenvalue weighted by Gasteiger charge is -2.42. The fraction of sp³-hybridized carbons (Fsp3) is 0.280. The minimum absolute atomic E-state index is 0.820. The van der Waals surface area contributed by atoms with E-state index < -0.39 is 0 Å². The maximum atomic E-state index is 5.58. The Labute approximate surface area is 167 Å². The standard InChI is InChI=1S/C25H28NO2/c1-27-24-15-22-13-14-26(17-20-9-5-3-6-10-20,18-21-11-7-4-8-12-21)19-23(22)16-25(24)28-2/h3-12,15-16H,13-14,17-19H2,1-2H3/q+1. The van der Waals surface area contributed by atoms with Gasteiger partial charge < -0.3 is 14.0 Å². The van der Waals surface area contributed by atoms with Crippen LogP contribution in [0.2, 0.25) is 0 Å². The Morgan fingerprint density at radius 2 is 1.21 bits per heavy atom. The van der Waals surface area contributed by atoms with Gasteiger partial charge in [-0.2, -0.15) is 0 Å². The maximum absolute atomic E-state index is 5.58. The molecule has 0 N–H and O–H groups in total. The SMILES string of the molecule is COc1cc2c(cc1OC)C[N+](Cc1ccccc1)(Cc1ccccc1)CC2. The Bertz CT molecular complexity index is 881. The number of methoxy groups -OCH3 is 2. The van der Waals surface area contributed by atoms with Crippen LogP contribution in [0.1, 0.15) is 22.3 Å². The Morgan fingerprint density at radius 3 is 1.71 bits per heavy atom. The van der Waals surface area contributed by atoms with Gasteiger partial charge in [0.1, 0.15) is 19.6 Å². The highest BCUT2D eigenvalue weighted by atomic mass is 16.5. The summed E-state index contributed by atoms with van der Waals surface area (Å²) in [6.07, 6.45) is 1.05. The lowest BCUT2D eigenvalue weighted by atomic mass is 9.95. The van der Waals surface area contributed by atoms with Crippen LogP contribution in [-0.2, 0) is 26.1 Å². The zero-order valence-corrected chi connectivity index (χ0v) is 16.7. The highest BCUT2D eigenvalue weighted by Crippen LogP contribution is 2.37. The molecule has 0 unspecified atom stereocenters. The molecule has 3 aromatic carbocycles. The summed E-state index contributed by atoms with van der Waals surface area (Å²) >= 11 is 0. The van der Waals surface area contributed by atoms with Crippen LogP contribution in [0.25, 0.3) is 0 Å². The number of quaternary nitrogens is 1. The molecule has 0 aromatic heterocycles. The normalized spacial score (nSPS) is 14.9. The molecule has 0 bridgehead atoms. The lowest BCUT2D eigenvalue weighted by molar-refractivity contribution is -0.967. The molecule has 0 fully saturated rings. The molecule has 1 heterocycles. The average Bonchev–Trinajstić information content (AvgIpc) is 2.74. The fourth-order valence-electron chi connectivity index (χ4n) is 4.41. The third-order valence-electron chi connectivity index (χ3n) is 5.79. The van der Waals surface area contributed by atoms with E-state index in [4.69, 9.17) is 9.47 Å². The highest BCUT2D eigenvalue weighted by molar-refractivity contribution is 5.47. The van der Waals surface area contributed by atoms with Crippen molar-refractivity contribution < 1.29 is 14.0 Å². The van der Waals surface area contributed by atoms with E-state index in [-0.39, 0.29) is 0 Å². The van der Waals surface area contributed by atoms with Crippen molar-refractivity contribution in [2.24, 2.45) is 0 Å². The Morgan fingerprint density at radius 1 is 0.714 bits per heavy atom. The molecule has 4 rings (SSSR count). The van der Waals surface area contributed by atoms with Crippen molar-refractivity contribution >= 4 is 0 Å². The number of ether oxygens (including phenoxy) is 2. The number of nitrogens with zero attached hydrogens (tertiary/aromatic N) is 1. The van der Waals surface area contributed by atoms with Gasteiger partial charge in [0.05, 0.1) is 20.8 Å². The third kappa shape index (κ3) is 3.90. The summed E-state index contributed by atoms with van der Waals surface area (Å²) in [4.78, 5) is 0. The molecule has 0 aliphatic carbocycles. The van der Waals surface area contributed by atoms with Crippen LogP contribution in [0.5, 0.6) is 11.5 Å². The summed E-state index contributed by atoms with van der Waals surface area (Å²) in [6.45, 7) is 4.18. The van der Waals surface area contributed by atoms with Gasteiger partial charge in [-0.05, 0) is 17.7 Å². The van der Waals surface area contributed by atoms with Crippen LogP contribution < -0.4 is 9.47 Å². The zero-order valence-electron chi connectivity index (χ0n) is 16.7. The second kappa shape index (κ2) is 8.07. The smallest absolute Gasteiger partial charge is 0.161 e. The van der Waals surface area contributed by atoms with E-state index >= 15 is 0 Å².